The van der Waals surface area contributed by atoms with Crippen molar-refractivity contribution in [2.75, 3.05) is 26.3 Å². The Balaban J connectivity index is 1.83. The quantitative estimate of drug-likeness (QED) is 0.809. The number of carbonyl (C=O) groups is 2. The number of rotatable bonds is 5. The maximum absolute atomic E-state index is 13.0. The highest BCUT2D eigenvalue weighted by molar-refractivity contribution is 7.12. The number of likely N-dealkylation sites (tertiary alicyclic amines) is 1. The number of nitrogens with zero attached hydrogens (tertiary/aromatic N) is 1. The highest BCUT2D eigenvalue weighted by Crippen LogP contribution is 2.42. The van der Waals surface area contributed by atoms with Crippen LogP contribution in [-0.4, -0.2) is 59.4 Å². The number of thiophene rings is 1. The summed E-state index contributed by atoms with van der Waals surface area (Å²) < 4.78 is 11.1. The van der Waals surface area contributed by atoms with Crippen molar-refractivity contribution < 1.29 is 29.3 Å². The zero-order chi connectivity index (χ0) is 18.9. The lowest BCUT2D eigenvalue weighted by molar-refractivity contribution is -0.163. The molecule has 0 aliphatic carbocycles. The summed E-state index contributed by atoms with van der Waals surface area (Å²) in [5.74, 6) is 0.0190. The first-order chi connectivity index (χ1) is 12.3. The van der Waals surface area contributed by atoms with Gasteiger partial charge >= 0.3 is 5.97 Å². The number of carbonyl (C=O) groups excluding carboxylic acids is 1. The summed E-state index contributed by atoms with van der Waals surface area (Å²) in [6.07, 6.45) is 0.310. The number of aliphatic carboxylic acids is 1. The van der Waals surface area contributed by atoms with Crippen molar-refractivity contribution in [2.24, 2.45) is 11.3 Å². The third-order valence-corrected chi connectivity index (χ3v) is 6.09. The SMILES string of the molecule is CC(C)CC[C@@]1(C(=O)O)CN(C(=O)c2scc3c2OCCO3)CC[C@H]1O. The van der Waals surface area contributed by atoms with Crippen molar-refractivity contribution in [3.05, 3.63) is 10.3 Å². The zero-order valence-electron chi connectivity index (χ0n) is 15.1. The number of fused-ring (bicyclic) bond motifs is 1. The molecule has 1 aromatic heterocycles. The van der Waals surface area contributed by atoms with E-state index in [1.54, 1.807) is 5.38 Å². The van der Waals surface area contributed by atoms with Gasteiger partial charge in [-0.3, -0.25) is 9.59 Å². The standard InChI is InChI=1S/C18H25NO6S/c1-11(2)3-5-18(17(22)23)10-19(6-4-13(18)20)16(21)15-14-12(9-26-15)24-7-8-25-14/h9,11,13,20H,3-8,10H2,1-2H3,(H,22,23)/t13-,18-/m1/s1. The molecule has 2 aliphatic heterocycles. The number of aliphatic hydroxyl groups excluding tert-OH is 1. The third-order valence-electron chi connectivity index (χ3n) is 5.16. The minimum atomic E-state index is -1.33. The molecular weight excluding hydrogens is 358 g/mol. The van der Waals surface area contributed by atoms with Gasteiger partial charge in [0.05, 0.1) is 6.10 Å². The van der Waals surface area contributed by atoms with Gasteiger partial charge < -0.3 is 24.6 Å². The molecule has 1 saturated heterocycles. The van der Waals surface area contributed by atoms with E-state index in [0.29, 0.717) is 54.9 Å². The molecule has 7 nitrogen and oxygen atoms in total. The van der Waals surface area contributed by atoms with Crippen LogP contribution in [0.4, 0.5) is 0 Å². The van der Waals surface area contributed by atoms with Gasteiger partial charge in [-0.15, -0.1) is 11.3 Å². The van der Waals surface area contributed by atoms with Gasteiger partial charge in [0.1, 0.15) is 23.5 Å². The molecule has 1 fully saturated rings. The van der Waals surface area contributed by atoms with Crippen molar-refractivity contribution >= 4 is 23.2 Å². The Morgan fingerprint density at radius 1 is 1.38 bits per heavy atom. The van der Waals surface area contributed by atoms with Crippen LogP contribution >= 0.6 is 11.3 Å². The molecule has 0 radical (unpaired) electrons. The van der Waals surface area contributed by atoms with Crippen LogP contribution in [0.15, 0.2) is 5.38 Å². The van der Waals surface area contributed by atoms with Gasteiger partial charge in [0, 0.05) is 18.5 Å². The normalized spacial score (nSPS) is 25.4. The second-order valence-electron chi connectivity index (χ2n) is 7.38. The summed E-state index contributed by atoms with van der Waals surface area (Å²) in [6, 6.07) is 0. The molecule has 0 unspecified atom stereocenters. The van der Waals surface area contributed by atoms with E-state index in [-0.39, 0.29) is 18.9 Å². The number of ether oxygens (including phenoxy) is 2. The van der Waals surface area contributed by atoms with E-state index in [1.165, 1.54) is 16.2 Å². The summed E-state index contributed by atoms with van der Waals surface area (Å²) in [5.41, 5.74) is -1.33. The fourth-order valence-corrected chi connectivity index (χ4v) is 4.41. The molecule has 8 heteroatoms. The van der Waals surface area contributed by atoms with Crippen LogP contribution in [0.5, 0.6) is 11.5 Å². The van der Waals surface area contributed by atoms with E-state index in [9.17, 15) is 19.8 Å². The first kappa shape index (κ1) is 19.0. The number of carboxylic acid groups (broad SMARTS) is 1. The summed E-state index contributed by atoms with van der Waals surface area (Å²) >= 11 is 1.24. The van der Waals surface area contributed by atoms with Crippen molar-refractivity contribution in [1.29, 1.82) is 0 Å². The highest BCUT2D eigenvalue weighted by Gasteiger charge is 2.50. The smallest absolute Gasteiger partial charge is 0.314 e. The molecular formula is C18H25NO6S. The Morgan fingerprint density at radius 3 is 2.81 bits per heavy atom. The minimum Gasteiger partial charge on any atom is -0.485 e. The molecule has 2 N–H and O–H groups in total. The average Bonchev–Trinajstić information content (AvgIpc) is 3.04. The highest BCUT2D eigenvalue weighted by atomic mass is 32.1. The van der Waals surface area contributed by atoms with Crippen LogP contribution in [0.2, 0.25) is 0 Å². The van der Waals surface area contributed by atoms with Gasteiger partial charge in [-0.2, -0.15) is 0 Å². The van der Waals surface area contributed by atoms with E-state index < -0.39 is 17.5 Å². The minimum absolute atomic E-state index is 0.00256. The van der Waals surface area contributed by atoms with Gasteiger partial charge in [-0.05, 0) is 25.2 Å². The van der Waals surface area contributed by atoms with Gasteiger partial charge in [0.2, 0.25) is 0 Å². The topological polar surface area (TPSA) is 96.3 Å². The summed E-state index contributed by atoms with van der Waals surface area (Å²) in [5, 5.41) is 22.1. The van der Waals surface area contributed by atoms with Crippen molar-refractivity contribution in [3.8, 4) is 11.5 Å². The molecule has 0 saturated carbocycles. The van der Waals surface area contributed by atoms with Gasteiger partial charge in [0.15, 0.2) is 11.5 Å². The summed E-state index contributed by atoms with van der Waals surface area (Å²) in [4.78, 5) is 27.0. The Labute approximate surface area is 156 Å². The number of aliphatic hydroxyl groups is 1. The van der Waals surface area contributed by atoms with Crippen LogP contribution in [0.25, 0.3) is 0 Å². The molecule has 1 aromatic rings. The van der Waals surface area contributed by atoms with E-state index >= 15 is 0 Å². The van der Waals surface area contributed by atoms with Crippen LogP contribution < -0.4 is 9.47 Å². The molecule has 3 rings (SSSR count). The third kappa shape index (κ3) is 3.40. The lowest BCUT2D eigenvalue weighted by Crippen LogP contribution is -2.57. The fraction of sp³-hybridized carbons (Fsp3) is 0.667. The van der Waals surface area contributed by atoms with E-state index in [4.69, 9.17) is 9.47 Å². The molecule has 0 spiro atoms. The number of hydrogen-bond acceptors (Lipinski definition) is 6. The second-order valence-corrected chi connectivity index (χ2v) is 8.26. The zero-order valence-corrected chi connectivity index (χ0v) is 15.9. The van der Waals surface area contributed by atoms with Gasteiger partial charge in [-0.1, -0.05) is 13.8 Å². The second kappa shape index (κ2) is 7.44. The Morgan fingerprint density at radius 2 is 2.12 bits per heavy atom. The van der Waals surface area contributed by atoms with Crippen molar-refractivity contribution in [1.82, 2.24) is 4.90 Å². The summed E-state index contributed by atoms with van der Waals surface area (Å²) in [6.45, 7) is 5.19. The largest absolute Gasteiger partial charge is 0.485 e. The lowest BCUT2D eigenvalue weighted by atomic mass is 9.72. The number of hydrogen-bond donors (Lipinski definition) is 2. The summed E-state index contributed by atoms with van der Waals surface area (Å²) in [7, 11) is 0. The van der Waals surface area contributed by atoms with Crippen LogP contribution in [0.3, 0.4) is 0 Å². The monoisotopic (exact) mass is 383 g/mol. The van der Waals surface area contributed by atoms with Crippen molar-refractivity contribution in [3.63, 3.8) is 0 Å². The Hall–Kier alpha value is -1.80. The lowest BCUT2D eigenvalue weighted by Gasteiger charge is -2.43. The molecule has 2 atom stereocenters. The molecule has 0 bridgehead atoms. The van der Waals surface area contributed by atoms with E-state index in [2.05, 4.69) is 0 Å². The van der Waals surface area contributed by atoms with Crippen LogP contribution in [-0.2, 0) is 4.79 Å². The maximum atomic E-state index is 13.0. The average molecular weight is 383 g/mol. The van der Waals surface area contributed by atoms with Crippen LogP contribution in [0.1, 0.15) is 42.8 Å². The molecule has 144 valence electrons. The number of carboxylic acids is 1. The first-order valence-electron chi connectivity index (χ1n) is 8.93. The number of amides is 1. The van der Waals surface area contributed by atoms with Crippen molar-refractivity contribution in [2.45, 2.75) is 39.2 Å². The molecule has 2 aliphatic rings. The van der Waals surface area contributed by atoms with Crippen LogP contribution in [0, 0.1) is 11.3 Å². The molecule has 3 heterocycles. The predicted molar refractivity (Wildman–Crippen MR) is 96.0 cm³/mol. The van der Waals surface area contributed by atoms with E-state index in [1.807, 2.05) is 13.8 Å². The Kier molecular flexibility index (Phi) is 5.43. The number of piperidine rings is 1. The molecule has 1 amide bonds. The Bertz CT molecular complexity index is 687. The molecule has 0 aromatic carbocycles. The fourth-order valence-electron chi connectivity index (χ4n) is 3.52. The maximum Gasteiger partial charge on any atom is 0.314 e. The van der Waals surface area contributed by atoms with Gasteiger partial charge in [-0.25, -0.2) is 0 Å². The van der Waals surface area contributed by atoms with Gasteiger partial charge in [0.25, 0.3) is 5.91 Å². The predicted octanol–water partition coefficient (Wildman–Crippen LogP) is 2.23. The van der Waals surface area contributed by atoms with E-state index in [0.717, 1.165) is 0 Å². The molecule has 26 heavy (non-hydrogen) atoms. The first-order valence-corrected chi connectivity index (χ1v) is 9.81.